The van der Waals surface area contributed by atoms with Gasteiger partial charge >= 0.3 is 0 Å². The average Bonchev–Trinajstić information content (AvgIpc) is 3.17. The second-order valence-electron chi connectivity index (χ2n) is 6.54. The van der Waals surface area contributed by atoms with E-state index in [0.717, 1.165) is 11.4 Å². The number of nitrogens with one attached hydrogen (secondary N) is 1. The number of rotatable bonds is 6. The molecule has 2 aromatic heterocycles. The largest absolute Gasteiger partial charge is 0.439 e. The van der Waals surface area contributed by atoms with Gasteiger partial charge in [0.05, 0.1) is 6.42 Å². The van der Waals surface area contributed by atoms with Crippen molar-refractivity contribution in [1.82, 2.24) is 19.5 Å². The van der Waals surface area contributed by atoms with E-state index in [2.05, 4.69) is 20.3 Å². The molecular weight excluding hydrogens is 385 g/mol. The third kappa shape index (κ3) is 4.67. The van der Waals surface area contributed by atoms with E-state index in [1.165, 1.54) is 18.5 Å². The number of hydrogen-bond donors (Lipinski definition) is 1. The fraction of sp³-hybridized carbons (Fsp3) is 0.0909. The lowest BCUT2D eigenvalue weighted by atomic mass is 10.1. The van der Waals surface area contributed by atoms with Crippen LogP contribution in [0.25, 0.3) is 5.82 Å². The molecule has 0 saturated carbocycles. The number of ether oxygens (including phenoxy) is 1. The van der Waals surface area contributed by atoms with Crippen molar-refractivity contribution < 1.29 is 13.9 Å². The summed E-state index contributed by atoms with van der Waals surface area (Å²) in [5.41, 5.74) is 1.37. The zero-order valence-electron chi connectivity index (χ0n) is 16.1. The van der Waals surface area contributed by atoms with Crippen LogP contribution in [0.3, 0.4) is 0 Å². The SMILES string of the molecule is Cc1nccn1-c1cc(Oc2ccc(NC(=O)Cc3ccc(F)cc3)cc2)ncn1. The molecule has 0 saturated heterocycles. The smallest absolute Gasteiger partial charge is 0.228 e. The Hall–Kier alpha value is -4.07. The van der Waals surface area contributed by atoms with Crippen LogP contribution in [0.2, 0.25) is 0 Å². The van der Waals surface area contributed by atoms with Crippen molar-refractivity contribution in [1.29, 1.82) is 0 Å². The summed E-state index contributed by atoms with van der Waals surface area (Å²) in [4.78, 5) is 24.7. The zero-order valence-corrected chi connectivity index (χ0v) is 16.1. The maximum absolute atomic E-state index is 13.0. The molecule has 0 radical (unpaired) electrons. The first-order chi connectivity index (χ1) is 14.6. The first-order valence-corrected chi connectivity index (χ1v) is 9.21. The minimum absolute atomic E-state index is 0.163. The zero-order chi connectivity index (χ0) is 20.9. The molecule has 2 heterocycles. The van der Waals surface area contributed by atoms with Crippen LogP contribution in [-0.2, 0) is 11.2 Å². The summed E-state index contributed by atoms with van der Waals surface area (Å²) >= 11 is 0. The van der Waals surface area contributed by atoms with Crippen LogP contribution < -0.4 is 10.1 Å². The van der Waals surface area contributed by atoms with E-state index in [-0.39, 0.29) is 18.1 Å². The quantitative estimate of drug-likeness (QED) is 0.525. The summed E-state index contributed by atoms with van der Waals surface area (Å²) in [5, 5.41) is 2.81. The third-order valence-electron chi connectivity index (χ3n) is 4.34. The van der Waals surface area contributed by atoms with Gasteiger partial charge in [0.2, 0.25) is 11.8 Å². The number of aryl methyl sites for hydroxylation is 1. The second-order valence-corrected chi connectivity index (χ2v) is 6.54. The molecule has 4 aromatic rings. The first-order valence-electron chi connectivity index (χ1n) is 9.21. The Morgan fingerprint density at radius 3 is 2.53 bits per heavy atom. The number of nitrogens with zero attached hydrogens (tertiary/aromatic N) is 4. The van der Waals surface area contributed by atoms with Crippen LogP contribution >= 0.6 is 0 Å². The monoisotopic (exact) mass is 403 g/mol. The van der Waals surface area contributed by atoms with Crippen LogP contribution in [0.4, 0.5) is 10.1 Å². The Kier molecular flexibility index (Phi) is 5.47. The van der Waals surface area contributed by atoms with E-state index >= 15 is 0 Å². The van der Waals surface area contributed by atoms with Crippen molar-refractivity contribution in [2.75, 3.05) is 5.32 Å². The minimum atomic E-state index is -0.328. The second kappa shape index (κ2) is 8.52. The Labute approximate surface area is 172 Å². The molecule has 0 bridgehead atoms. The molecule has 150 valence electrons. The predicted molar refractivity (Wildman–Crippen MR) is 109 cm³/mol. The number of hydrogen-bond acceptors (Lipinski definition) is 5. The van der Waals surface area contributed by atoms with Gasteiger partial charge < -0.3 is 10.1 Å². The lowest BCUT2D eigenvalue weighted by Crippen LogP contribution is -2.14. The Morgan fingerprint density at radius 2 is 1.83 bits per heavy atom. The summed E-state index contributed by atoms with van der Waals surface area (Å²) in [6.45, 7) is 1.88. The topological polar surface area (TPSA) is 81.9 Å². The highest BCUT2D eigenvalue weighted by molar-refractivity contribution is 5.92. The van der Waals surface area contributed by atoms with Gasteiger partial charge in [-0.3, -0.25) is 9.36 Å². The molecule has 2 aromatic carbocycles. The van der Waals surface area contributed by atoms with E-state index in [1.54, 1.807) is 48.7 Å². The maximum Gasteiger partial charge on any atom is 0.228 e. The lowest BCUT2D eigenvalue weighted by molar-refractivity contribution is -0.115. The van der Waals surface area contributed by atoms with Crippen molar-refractivity contribution in [3.8, 4) is 17.4 Å². The number of imidazole rings is 1. The molecule has 30 heavy (non-hydrogen) atoms. The van der Waals surface area contributed by atoms with Crippen LogP contribution in [0.1, 0.15) is 11.4 Å². The number of anilines is 1. The van der Waals surface area contributed by atoms with Crippen molar-refractivity contribution in [2.24, 2.45) is 0 Å². The van der Waals surface area contributed by atoms with Gasteiger partial charge in [0.15, 0.2) is 0 Å². The average molecular weight is 403 g/mol. The standard InChI is InChI=1S/C22H18FN5O2/c1-15-24-10-11-28(15)20-13-22(26-14-25-20)30-19-8-6-18(7-9-19)27-21(29)12-16-2-4-17(23)5-3-16/h2-11,13-14H,12H2,1H3,(H,27,29). The molecule has 0 fully saturated rings. The highest BCUT2D eigenvalue weighted by atomic mass is 19.1. The minimum Gasteiger partial charge on any atom is -0.439 e. The molecular formula is C22H18FN5O2. The summed E-state index contributed by atoms with van der Waals surface area (Å²) in [6.07, 6.45) is 5.09. The molecule has 0 spiro atoms. The van der Waals surface area contributed by atoms with Gasteiger partial charge in [0.25, 0.3) is 0 Å². The van der Waals surface area contributed by atoms with Gasteiger partial charge in [0, 0.05) is 24.1 Å². The van der Waals surface area contributed by atoms with Gasteiger partial charge in [-0.15, -0.1) is 0 Å². The highest BCUT2D eigenvalue weighted by Crippen LogP contribution is 2.22. The maximum atomic E-state index is 13.0. The van der Waals surface area contributed by atoms with Crippen LogP contribution in [0, 0.1) is 12.7 Å². The summed E-state index contributed by atoms with van der Waals surface area (Å²) < 4.78 is 20.6. The lowest BCUT2D eigenvalue weighted by Gasteiger charge is -2.09. The molecule has 7 nitrogen and oxygen atoms in total. The first kappa shape index (κ1) is 19.3. The normalized spacial score (nSPS) is 10.6. The number of halogens is 1. The van der Waals surface area contributed by atoms with Crippen LogP contribution in [0.5, 0.6) is 11.6 Å². The number of carbonyl (C=O) groups is 1. The molecule has 1 amide bonds. The number of benzene rings is 2. The van der Waals surface area contributed by atoms with Gasteiger partial charge in [-0.1, -0.05) is 12.1 Å². The third-order valence-corrected chi connectivity index (χ3v) is 4.34. The Balaban J connectivity index is 1.38. The summed E-state index contributed by atoms with van der Waals surface area (Å²) in [7, 11) is 0. The number of carbonyl (C=O) groups excluding carboxylic acids is 1. The molecule has 0 unspecified atom stereocenters. The van der Waals surface area contributed by atoms with Crippen molar-refractivity contribution in [3.05, 3.63) is 90.5 Å². The molecule has 0 aliphatic rings. The van der Waals surface area contributed by atoms with Gasteiger partial charge in [-0.2, -0.15) is 0 Å². The van der Waals surface area contributed by atoms with Crippen molar-refractivity contribution in [3.63, 3.8) is 0 Å². The van der Waals surface area contributed by atoms with Gasteiger partial charge in [0.1, 0.15) is 29.5 Å². The van der Waals surface area contributed by atoms with E-state index in [4.69, 9.17) is 4.74 Å². The van der Waals surface area contributed by atoms with Crippen molar-refractivity contribution >= 4 is 11.6 Å². The van der Waals surface area contributed by atoms with Gasteiger partial charge in [-0.05, 0) is 48.9 Å². The van der Waals surface area contributed by atoms with Gasteiger partial charge in [-0.25, -0.2) is 19.3 Å². The van der Waals surface area contributed by atoms with Crippen LogP contribution in [0.15, 0.2) is 73.3 Å². The van der Waals surface area contributed by atoms with Crippen molar-refractivity contribution in [2.45, 2.75) is 13.3 Å². The summed E-state index contributed by atoms with van der Waals surface area (Å²) in [6, 6.07) is 14.5. The Bertz CT molecular complexity index is 1160. The Morgan fingerprint density at radius 1 is 1.07 bits per heavy atom. The molecule has 0 aliphatic heterocycles. The highest BCUT2D eigenvalue weighted by Gasteiger charge is 2.07. The molecule has 8 heteroatoms. The van der Waals surface area contributed by atoms with E-state index in [9.17, 15) is 9.18 Å². The predicted octanol–water partition coefficient (Wildman–Crippen LogP) is 4.08. The molecule has 1 N–H and O–H groups in total. The molecule has 4 rings (SSSR count). The number of aromatic nitrogens is 4. The van der Waals surface area contributed by atoms with E-state index in [0.29, 0.717) is 23.1 Å². The van der Waals surface area contributed by atoms with Crippen LogP contribution in [-0.4, -0.2) is 25.4 Å². The van der Waals surface area contributed by atoms with E-state index in [1.807, 2.05) is 17.7 Å². The molecule has 0 aliphatic carbocycles. The number of amides is 1. The summed E-state index contributed by atoms with van der Waals surface area (Å²) in [5.74, 6) is 1.90. The molecule has 0 atom stereocenters. The fourth-order valence-corrected chi connectivity index (χ4v) is 2.86. The fourth-order valence-electron chi connectivity index (χ4n) is 2.86. The van der Waals surface area contributed by atoms with E-state index < -0.39 is 0 Å².